The molecule has 1 N–H and O–H groups in total. The van der Waals surface area contributed by atoms with Gasteiger partial charge in [-0.05, 0) is 79.4 Å². The molecule has 8 heteroatoms. The van der Waals surface area contributed by atoms with Crippen LogP contribution in [0.1, 0.15) is 21.5 Å². The number of nitrogens with one attached hydrogen (secondary N) is 1. The van der Waals surface area contributed by atoms with Gasteiger partial charge in [0.1, 0.15) is 18.1 Å². The number of rotatable bonds is 7. The molecule has 154 valence electrons. The monoisotopic (exact) mass is 594 g/mol. The molecular formula is C22H17Br3N2O3. The summed E-state index contributed by atoms with van der Waals surface area (Å²) in [5.74, 6) is 0.826. The van der Waals surface area contributed by atoms with Crippen LogP contribution in [-0.2, 0) is 6.61 Å². The number of ether oxygens (including phenoxy) is 2. The third kappa shape index (κ3) is 5.93. The second-order valence-corrected chi connectivity index (χ2v) is 8.75. The van der Waals surface area contributed by atoms with E-state index >= 15 is 0 Å². The molecule has 0 radical (unpaired) electrons. The van der Waals surface area contributed by atoms with E-state index in [0.717, 1.165) is 24.5 Å². The molecule has 0 aliphatic carbocycles. The van der Waals surface area contributed by atoms with E-state index in [9.17, 15) is 4.79 Å². The number of benzene rings is 3. The minimum atomic E-state index is -0.351. The summed E-state index contributed by atoms with van der Waals surface area (Å²) in [6.45, 7) is 0.437. The zero-order valence-corrected chi connectivity index (χ0v) is 20.6. The Balaban J connectivity index is 1.65. The summed E-state index contributed by atoms with van der Waals surface area (Å²) in [5, 5.41) is 4.04. The first-order chi connectivity index (χ1) is 14.5. The predicted molar refractivity (Wildman–Crippen MR) is 128 cm³/mol. The zero-order valence-electron chi connectivity index (χ0n) is 15.9. The lowest BCUT2D eigenvalue weighted by molar-refractivity contribution is 0.0952. The maximum atomic E-state index is 12.3. The first-order valence-electron chi connectivity index (χ1n) is 8.80. The lowest BCUT2D eigenvalue weighted by Gasteiger charge is -2.11. The van der Waals surface area contributed by atoms with Gasteiger partial charge in [-0.25, -0.2) is 5.43 Å². The molecule has 0 fully saturated rings. The number of carbonyl (C=O) groups excluding carboxylic acids is 1. The van der Waals surface area contributed by atoms with Gasteiger partial charge in [-0.3, -0.25) is 4.79 Å². The molecule has 0 saturated heterocycles. The number of hydrazone groups is 1. The summed E-state index contributed by atoms with van der Waals surface area (Å²) >= 11 is 10.5. The number of methoxy groups -OCH3 is 1. The molecule has 0 aromatic heterocycles. The number of amides is 1. The second kappa shape index (κ2) is 10.7. The van der Waals surface area contributed by atoms with Gasteiger partial charge in [-0.1, -0.05) is 40.2 Å². The van der Waals surface area contributed by atoms with E-state index in [-0.39, 0.29) is 5.91 Å². The number of hydrogen-bond donors (Lipinski definition) is 1. The highest BCUT2D eigenvalue weighted by atomic mass is 79.9. The molecule has 0 unspecified atom stereocenters. The van der Waals surface area contributed by atoms with Crippen LogP contribution in [0.5, 0.6) is 11.5 Å². The average molecular weight is 597 g/mol. The highest BCUT2D eigenvalue weighted by molar-refractivity contribution is 9.11. The van der Waals surface area contributed by atoms with Gasteiger partial charge in [0.05, 0.1) is 27.8 Å². The number of para-hydroxylation sites is 1. The molecule has 0 heterocycles. The molecule has 0 aliphatic rings. The van der Waals surface area contributed by atoms with Gasteiger partial charge in [-0.2, -0.15) is 5.10 Å². The van der Waals surface area contributed by atoms with E-state index in [4.69, 9.17) is 9.47 Å². The minimum absolute atomic E-state index is 0.351. The standard InChI is InChI=1S/C22H17Br3N2O3/c1-29-20-5-3-2-4-17(20)22(28)27-26-12-15-10-18(24)21(19(25)11-15)30-13-14-6-8-16(23)9-7-14/h2-12H,13H2,1H3,(H,27,28)/b26-12+. The zero-order chi connectivity index (χ0) is 21.5. The van der Waals surface area contributed by atoms with Gasteiger partial charge in [0.2, 0.25) is 0 Å². The van der Waals surface area contributed by atoms with Crippen LogP contribution in [0.25, 0.3) is 0 Å². The van der Waals surface area contributed by atoms with Crippen molar-refractivity contribution >= 4 is 59.9 Å². The quantitative estimate of drug-likeness (QED) is 0.256. The van der Waals surface area contributed by atoms with Crippen LogP contribution in [0, 0.1) is 0 Å². The molecule has 0 aliphatic heterocycles. The lowest BCUT2D eigenvalue weighted by atomic mass is 10.2. The summed E-state index contributed by atoms with van der Waals surface area (Å²) in [5.41, 5.74) is 4.76. The first kappa shape index (κ1) is 22.5. The van der Waals surface area contributed by atoms with E-state index in [1.807, 2.05) is 36.4 Å². The van der Waals surface area contributed by atoms with Crippen molar-refractivity contribution in [3.8, 4) is 11.5 Å². The minimum Gasteiger partial charge on any atom is -0.496 e. The number of halogens is 3. The highest BCUT2D eigenvalue weighted by Gasteiger charge is 2.11. The van der Waals surface area contributed by atoms with Gasteiger partial charge < -0.3 is 9.47 Å². The van der Waals surface area contributed by atoms with E-state index in [1.54, 1.807) is 30.5 Å². The Morgan fingerprint density at radius 2 is 1.70 bits per heavy atom. The van der Waals surface area contributed by atoms with Gasteiger partial charge in [0.25, 0.3) is 5.91 Å². The summed E-state index contributed by atoms with van der Waals surface area (Å²) in [7, 11) is 1.52. The SMILES string of the molecule is COc1ccccc1C(=O)N/N=C/c1cc(Br)c(OCc2ccc(Br)cc2)c(Br)c1. The van der Waals surface area contributed by atoms with Crippen molar-refractivity contribution in [2.24, 2.45) is 5.10 Å². The largest absolute Gasteiger partial charge is 0.496 e. The van der Waals surface area contributed by atoms with Gasteiger partial charge in [0, 0.05) is 4.47 Å². The van der Waals surface area contributed by atoms with Crippen molar-refractivity contribution < 1.29 is 14.3 Å². The summed E-state index contributed by atoms with van der Waals surface area (Å²) in [6.07, 6.45) is 1.56. The van der Waals surface area contributed by atoms with Crippen LogP contribution in [0.4, 0.5) is 0 Å². The maximum absolute atomic E-state index is 12.3. The molecule has 1 amide bonds. The fourth-order valence-electron chi connectivity index (χ4n) is 2.59. The van der Waals surface area contributed by atoms with Crippen LogP contribution in [0.2, 0.25) is 0 Å². The Hall–Kier alpha value is -2.16. The average Bonchev–Trinajstić information content (AvgIpc) is 2.74. The molecule has 3 rings (SSSR count). The van der Waals surface area contributed by atoms with Gasteiger partial charge in [0.15, 0.2) is 0 Å². The second-order valence-electron chi connectivity index (χ2n) is 6.13. The Morgan fingerprint density at radius 1 is 1.03 bits per heavy atom. The Morgan fingerprint density at radius 3 is 2.37 bits per heavy atom. The van der Waals surface area contributed by atoms with E-state index in [0.29, 0.717) is 23.7 Å². The molecule has 5 nitrogen and oxygen atoms in total. The van der Waals surface area contributed by atoms with Crippen molar-refractivity contribution in [3.05, 3.63) is 90.8 Å². The smallest absolute Gasteiger partial charge is 0.275 e. The van der Waals surface area contributed by atoms with E-state index < -0.39 is 0 Å². The summed E-state index contributed by atoms with van der Waals surface area (Å²) < 4.78 is 13.7. The van der Waals surface area contributed by atoms with Crippen molar-refractivity contribution in [2.75, 3.05) is 7.11 Å². The van der Waals surface area contributed by atoms with Gasteiger partial charge in [-0.15, -0.1) is 0 Å². The molecule has 3 aromatic rings. The van der Waals surface area contributed by atoms with Crippen LogP contribution >= 0.6 is 47.8 Å². The third-order valence-corrected chi connectivity index (χ3v) is 5.76. The normalized spacial score (nSPS) is 10.8. The number of carbonyl (C=O) groups is 1. The highest BCUT2D eigenvalue weighted by Crippen LogP contribution is 2.35. The van der Waals surface area contributed by atoms with Crippen molar-refractivity contribution in [2.45, 2.75) is 6.61 Å². The molecule has 3 aromatic carbocycles. The first-order valence-corrected chi connectivity index (χ1v) is 11.2. The van der Waals surface area contributed by atoms with Crippen LogP contribution < -0.4 is 14.9 Å². The number of hydrogen-bond acceptors (Lipinski definition) is 4. The van der Waals surface area contributed by atoms with Crippen molar-refractivity contribution in [3.63, 3.8) is 0 Å². The predicted octanol–water partition coefficient (Wildman–Crippen LogP) is 6.33. The van der Waals surface area contributed by atoms with E-state index in [2.05, 4.69) is 58.3 Å². The van der Waals surface area contributed by atoms with E-state index in [1.165, 1.54) is 7.11 Å². The fraction of sp³-hybridized carbons (Fsp3) is 0.0909. The van der Waals surface area contributed by atoms with Gasteiger partial charge >= 0.3 is 0 Å². The Kier molecular flexibility index (Phi) is 8.07. The molecule has 30 heavy (non-hydrogen) atoms. The Bertz CT molecular complexity index is 1050. The lowest BCUT2D eigenvalue weighted by Crippen LogP contribution is -2.18. The fourth-order valence-corrected chi connectivity index (χ4v) is 4.30. The molecule has 0 atom stereocenters. The third-order valence-electron chi connectivity index (χ3n) is 4.05. The maximum Gasteiger partial charge on any atom is 0.275 e. The van der Waals surface area contributed by atoms with Crippen molar-refractivity contribution in [1.82, 2.24) is 5.43 Å². The van der Waals surface area contributed by atoms with Crippen LogP contribution in [0.15, 0.2) is 79.2 Å². The Labute approximate surface area is 199 Å². The molecular weight excluding hydrogens is 580 g/mol. The summed E-state index contributed by atoms with van der Waals surface area (Å²) in [4.78, 5) is 12.3. The number of nitrogens with zero attached hydrogens (tertiary/aromatic N) is 1. The molecule has 0 bridgehead atoms. The van der Waals surface area contributed by atoms with Crippen LogP contribution in [-0.4, -0.2) is 19.2 Å². The van der Waals surface area contributed by atoms with Crippen LogP contribution in [0.3, 0.4) is 0 Å². The molecule has 0 spiro atoms. The van der Waals surface area contributed by atoms with Crippen molar-refractivity contribution in [1.29, 1.82) is 0 Å². The molecule has 0 saturated carbocycles. The summed E-state index contributed by atoms with van der Waals surface area (Å²) in [6, 6.07) is 18.6. The topological polar surface area (TPSA) is 59.9 Å².